The summed E-state index contributed by atoms with van der Waals surface area (Å²) in [6.07, 6.45) is -0.749. The number of benzene rings is 2. The van der Waals surface area contributed by atoms with E-state index in [1.54, 1.807) is 41.8 Å². The molecule has 0 bridgehead atoms. The van der Waals surface area contributed by atoms with Crippen molar-refractivity contribution in [3.8, 4) is 11.1 Å². The van der Waals surface area contributed by atoms with Crippen molar-refractivity contribution >= 4 is 33.4 Å². The highest BCUT2D eigenvalue weighted by molar-refractivity contribution is 7.89. The maximum atomic E-state index is 12.8. The minimum absolute atomic E-state index is 0.111. The molecule has 0 aromatic heterocycles. The van der Waals surface area contributed by atoms with Crippen molar-refractivity contribution in [3.05, 3.63) is 42.5 Å². The first kappa shape index (κ1) is 22.8. The van der Waals surface area contributed by atoms with E-state index in [1.165, 1.54) is 26.1 Å². The Balaban J connectivity index is 2.07. The van der Waals surface area contributed by atoms with E-state index < -0.39 is 16.1 Å². The largest absolute Gasteiger partial charge is 0.446 e. The summed E-state index contributed by atoms with van der Waals surface area (Å²) in [6, 6.07) is 11.7. The van der Waals surface area contributed by atoms with E-state index in [9.17, 15) is 18.0 Å². The van der Waals surface area contributed by atoms with Crippen LogP contribution in [0.25, 0.3) is 11.1 Å². The molecule has 1 N–H and O–H groups in total. The molecule has 2 aromatic rings. The molecule has 0 aliphatic carbocycles. The van der Waals surface area contributed by atoms with Gasteiger partial charge in [-0.1, -0.05) is 18.2 Å². The number of ether oxygens (including phenoxy) is 1. The second-order valence-electron chi connectivity index (χ2n) is 7.72. The molecule has 1 heterocycles. The van der Waals surface area contributed by atoms with Gasteiger partial charge in [-0.25, -0.2) is 17.9 Å². The van der Waals surface area contributed by atoms with Crippen molar-refractivity contribution in [1.29, 1.82) is 0 Å². The summed E-state index contributed by atoms with van der Waals surface area (Å²) in [5.74, 6) is -0.111. The SMILES string of the molecule is CNS(=O)(=O)c1ccc(-c2ccc3c(c2)N(C(=O)OC(C)C)C[C@H](C)N3C(C)=O)cc1. The number of nitrogens with zero attached hydrogens (tertiary/aromatic N) is 2. The van der Waals surface area contributed by atoms with E-state index in [1.807, 2.05) is 19.1 Å². The van der Waals surface area contributed by atoms with E-state index in [2.05, 4.69) is 4.72 Å². The number of carbonyl (C=O) groups excluding carboxylic acids is 2. The van der Waals surface area contributed by atoms with Gasteiger partial charge in [-0.15, -0.1) is 0 Å². The predicted molar refractivity (Wildman–Crippen MR) is 120 cm³/mol. The highest BCUT2D eigenvalue weighted by Crippen LogP contribution is 2.39. The smallest absolute Gasteiger partial charge is 0.414 e. The minimum Gasteiger partial charge on any atom is -0.446 e. The molecule has 0 unspecified atom stereocenters. The number of fused-ring (bicyclic) bond motifs is 1. The Labute approximate surface area is 182 Å². The molecule has 0 radical (unpaired) electrons. The number of nitrogens with one attached hydrogen (secondary N) is 1. The van der Waals surface area contributed by atoms with E-state index in [0.29, 0.717) is 17.9 Å². The number of anilines is 2. The molecule has 3 rings (SSSR count). The number of rotatable bonds is 4. The summed E-state index contributed by atoms with van der Waals surface area (Å²) in [7, 11) is -2.17. The van der Waals surface area contributed by atoms with Crippen molar-refractivity contribution in [1.82, 2.24) is 4.72 Å². The lowest BCUT2D eigenvalue weighted by Gasteiger charge is -2.40. The molecule has 8 nitrogen and oxygen atoms in total. The van der Waals surface area contributed by atoms with Crippen LogP contribution in [0.15, 0.2) is 47.4 Å². The molecule has 0 spiro atoms. The zero-order chi connectivity index (χ0) is 22.9. The second-order valence-corrected chi connectivity index (χ2v) is 9.60. The van der Waals surface area contributed by atoms with Gasteiger partial charge in [-0.2, -0.15) is 0 Å². The molecule has 0 fully saturated rings. The minimum atomic E-state index is -3.53. The number of hydrogen-bond acceptors (Lipinski definition) is 5. The molecular formula is C22H27N3O5S. The van der Waals surface area contributed by atoms with Crippen molar-refractivity contribution in [2.75, 3.05) is 23.4 Å². The third kappa shape index (κ3) is 4.57. The molecule has 1 aliphatic heterocycles. The first-order valence-corrected chi connectivity index (χ1v) is 11.5. The van der Waals surface area contributed by atoms with Gasteiger partial charge in [0.05, 0.1) is 28.4 Å². The Morgan fingerprint density at radius 1 is 1.06 bits per heavy atom. The van der Waals surface area contributed by atoms with E-state index in [0.717, 1.165) is 11.1 Å². The number of carbonyl (C=O) groups is 2. The Hall–Kier alpha value is -2.91. The topological polar surface area (TPSA) is 96.0 Å². The van der Waals surface area contributed by atoms with E-state index in [4.69, 9.17) is 4.74 Å². The Morgan fingerprint density at radius 2 is 1.68 bits per heavy atom. The van der Waals surface area contributed by atoms with Crippen LogP contribution in [0, 0.1) is 0 Å². The average molecular weight is 446 g/mol. The third-order valence-corrected chi connectivity index (χ3v) is 6.51. The quantitative estimate of drug-likeness (QED) is 0.778. The fourth-order valence-electron chi connectivity index (χ4n) is 3.67. The van der Waals surface area contributed by atoms with Crippen LogP contribution in [0.4, 0.5) is 16.2 Å². The van der Waals surface area contributed by atoms with Gasteiger partial charge in [-0.05, 0) is 63.2 Å². The fourth-order valence-corrected chi connectivity index (χ4v) is 4.40. The highest BCUT2D eigenvalue weighted by Gasteiger charge is 2.34. The fraction of sp³-hybridized carbons (Fsp3) is 0.364. The molecular weight excluding hydrogens is 418 g/mol. The van der Waals surface area contributed by atoms with Crippen molar-refractivity contribution in [2.24, 2.45) is 0 Å². The first-order valence-electron chi connectivity index (χ1n) is 10.0. The van der Waals surface area contributed by atoms with Crippen LogP contribution in [0.5, 0.6) is 0 Å². The Morgan fingerprint density at radius 3 is 2.23 bits per heavy atom. The van der Waals surface area contributed by atoms with Crippen LogP contribution in [0.3, 0.4) is 0 Å². The van der Waals surface area contributed by atoms with Crippen LogP contribution < -0.4 is 14.5 Å². The van der Waals surface area contributed by atoms with Gasteiger partial charge in [0.1, 0.15) is 0 Å². The lowest BCUT2D eigenvalue weighted by Crippen LogP contribution is -2.51. The normalized spacial score (nSPS) is 16.3. The summed E-state index contributed by atoms with van der Waals surface area (Å²) in [5, 5.41) is 0. The number of amides is 2. The van der Waals surface area contributed by atoms with E-state index in [-0.39, 0.29) is 22.9 Å². The highest BCUT2D eigenvalue weighted by atomic mass is 32.2. The lowest BCUT2D eigenvalue weighted by molar-refractivity contribution is -0.117. The van der Waals surface area contributed by atoms with Crippen molar-refractivity contribution in [2.45, 2.75) is 44.7 Å². The van der Waals surface area contributed by atoms with Gasteiger partial charge in [0.2, 0.25) is 15.9 Å². The molecule has 0 saturated heterocycles. The molecule has 9 heteroatoms. The van der Waals surface area contributed by atoms with Crippen LogP contribution in [0.1, 0.15) is 27.7 Å². The monoisotopic (exact) mass is 445 g/mol. The molecule has 0 saturated carbocycles. The Bertz CT molecular complexity index is 1100. The predicted octanol–water partition coefficient (Wildman–Crippen LogP) is 3.37. The van der Waals surface area contributed by atoms with Crippen LogP contribution in [-0.4, -0.2) is 46.2 Å². The molecule has 1 atom stereocenters. The molecule has 1 aliphatic rings. The average Bonchev–Trinajstić information content (AvgIpc) is 2.72. The molecule has 31 heavy (non-hydrogen) atoms. The second kappa shape index (κ2) is 8.68. The first-order chi connectivity index (χ1) is 14.5. The van der Waals surface area contributed by atoms with Crippen LogP contribution >= 0.6 is 0 Å². The number of hydrogen-bond donors (Lipinski definition) is 1. The van der Waals surface area contributed by atoms with Crippen LogP contribution in [0.2, 0.25) is 0 Å². The van der Waals surface area contributed by atoms with Crippen molar-refractivity contribution in [3.63, 3.8) is 0 Å². The zero-order valence-corrected chi connectivity index (χ0v) is 19.1. The molecule has 2 amide bonds. The molecule has 2 aromatic carbocycles. The van der Waals surface area contributed by atoms with E-state index >= 15 is 0 Å². The van der Waals surface area contributed by atoms with Crippen molar-refractivity contribution < 1.29 is 22.7 Å². The van der Waals surface area contributed by atoms with Gasteiger partial charge in [0, 0.05) is 13.5 Å². The summed E-state index contributed by atoms with van der Waals surface area (Å²) in [4.78, 5) is 28.4. The zero-order valence-electron chi connectivity index (χ0n) is 18.2. The summed E-state index contributed by atoms with van der Waals surface area (Å²) >= 11 is 0. The van der Waals surface area contributed by atoms with Gasteiger partial charge in [-0.3, -0.25) is 9.69 Å². The lowest BCUT2D eigenvalue weighted by atomic mass is 10.0. The summed E-state index contributed by atoms with van der Waals surface area (Å²) in [6.45, 7) is 7.25. The number of sulfonamides is 1. The van der Waals surface area contributed by atoms with Gasteiger partial charge < -0.3 is 9.64 Å². The maximum absolute atomic E-state index is 12.8. The van der Waals surface area contributed by atoms with Gasteiger partial charge in [0.15, 0.2) is 0 Å². The van der Waals surface area contributed by atoms with Gasteiger partial charge in [0.25, 0.3) is 0 Å². The van der Waals surface area contributed by atoms with Crippen LogP contribution in [-0.2, 0) is 19.6 Å². The molecule has 166 valence electrons. The summed E-state index contributed by atoms with van der Waals surface area (Å²) < 4.78 is 31.6. The standard InChI is InChI=1S/C22H27N3O5S/c1-14(2)30-22(27)24-13-15(3)25(16(4)26)20-11-8-18(12-21(20)24)17-6-9-19(10-7-17)31(28,29)23-5/h6-12,14-15,23H,13H2,1-5H3/t15-/m0/s1. The van der Waals surface area contributed by atoms with Gasteiger partial charge >= 0.3 is 6.09 Å². The third-order valence-electron chi connectivity index (χ3n) is 5.08. The summed E-state index contributed by atoms with van der Waals surface area (Å²) in [5.41, 5.74) is 2.77. The Kier molecular flexibility index (Phi) is 6.38. The maximum Gasteiger partial charge on any atom is 0.414 e.